The first kappa shape index (κ1) is 17.4. The second-order valence-corrected chi connectivity index (χ2v) is 7.06. The Labute approximate surface area is 155 Å². The summed E-state index contributed by atoms with van der Waals surface area (Å²) >= 11 is 4.29. The number of non-ortho nitro benzene ring substituents is 1. The topological polar surface area (TPSA) is 80.5 Å². The number of hydrogen-bond acceptors (Lipinski definition) is 5. The summed E-state index contributed by atoms with van der Waals surface area (Å²) in [5.74, 6) is -0.371. The van der Waals surface area contributed by atoms with Crippen LogP contribution >= 0.6 is 27.7 Å². The number of amides is 2. The molecule has 0 aromatic heterocycles. The van der Waals surface area contributed by atoms with Crippen molar-refractivity contribution in [3.8, 4) is 0 Å². The van der Waals surface area contributed by atoms with E-state index in [2.05, 4.69) is 15.9 Å². The largest absolute Gasteiger partial charge is 0.293 e. The lowest BCUT2D eigenvalue weighted by Crippen LogP contribution is -2.27. The van der Waals surface area contributed by atoms with E-state index in [1.54, 1.807) is 18.2 Å². The zero-order valence-electron chi connectivity index (χ0n) is 12.7. The highest BCUT2D eigenvalue weighted by Crippen LogP contribution is 2.34. The summed E-state index contributed by atoms with van der Waals surface area (Å²) in [6.45, 7) is 0.0793. The molecular weight excluding hydrogens is 408 g/mol. The molecule has 25 heavy (non-hydrogen) atoms. The van der Waals surface area contributed by atoms with Gasteiger partial charge in [0.1, 0.15) is 0 Å². The Morgan fingerprint density at radius 1 is 1.12 bits per heavy atom. The van der Waals surface area contributed by atoms with E-state index < -0.39 is 4.92 Å². The molecule has 2 aromatic rings. The molecule has 2 amide bonds. The summed E-state index contributed by atoms with van der Waals surface area (Å²) in [6, 6.07) is 13.2. The molecule has 0 N–H and O–H groups in total. The average molecular weight is 419 g/mol. The molecule has 1 fully saturated rings. The van der Waals surface area contributed by atoms with Crippen LogP contribution in [0.25, 0.3) is 6.08 Å². The van der Waals surface area contributed by atoms with Crippen LogP contribution in [0.15, 0.2) is 57.9 Å². The highest BCUT2D eigenvalue weighted by molar-refractivity contribution is 9.10. The number of carbonyl (C=O) groups excluding carboxylic acids is 2. The highest BCUT2D eigenvalue weighted by atomic mass is 79.9. The van der Waals surface area contributed by atoms with E-state index in [0.29, 0.717) is 10.5 Å². The normalized spacial score (nSPS) is 15.9. The van der Waals surface area contributed by atoms with Crippen molar-refractivity contribution in [3.05, 3.63) is 79.2 Å². The number of halogens is 1. The highest BCUT2D eigenvalue weighted by Gasteiger charge is 2.35. The average Bonchev–Trinajstić information content (AvgIpc) is 2.85. The van der Waals surface area contributed by atoms with Gasteiger partial charge >= 0.3 is 0 Å². The van der Waals surface area contributed by atoms with Crippen LogP contribution in [0.5, 0.6) is 0 Å². The van der Waals surface area contributed by atoms with E-state index in [9.17, 15) is 19.7 Å². The first-order valence-electron chi connectivity index (χ1n) is 7.19. The molecule has 0 saturated carbocycles. The minimum atomic E-state index is -0.496. The lowest BCUT2D eigenvalue weighted by molar-refractivity contribution is -0.384. The molecule has 8 heteroatoms. The summed E-state index contributed by atoms with van der Waals surface area (Å²) in [7, 11) is 0. The van der Waals surface area contributed by atoms with Crippen molar-refractivity contribution >= 4 is 50.6 Å². The first-order chi connectivity index (χ1) is 12.0. The number of thioether (sulfide) groups is 1. The molecule has 1 aliphatic heterocycles. The fourth-order valence-corrected chi connectivity index (χ4v) is 3.50. The summed E-state index contributed by atoms with van der Waals surface area (Å²) in [4.78, 5) is 36.3. The zero-order chi connectivity index (χ0) is 18.0. The minimum Gasteiger partial charge on any atom is -0.268 e. The molecule has 3 rings (SSSR count). The van der Waals surface area contributed by atoms with Crippen LogP contribution < -0.4 is 0 Å². The maximum atomic E-state index is 12.5. The van der Waals surface area contributed by atoms with Gasteiger partial charge in [-0.05, 0) is 35.0 Å². The summed E-state index contributed by atoms with van der Waals surface area (Å²) in [5, 5.41) is 10.3. The lowest BCUT2D eigenvalue weighted by atomic mass is 10.2. The second-order valence-electron chi connectivity index (χ2n) is 5.21. The van der Waals surface area contributed by atoms with E-state index in [4.69, 9.17) is 0 Å². The molecule has 1 heterocycles. The Bertz CT molecular complexity index is 896. The molecule has 0 radical (unpaired) electrons. The first-order valence-corrected chi connectivity index (χ1v) is 8.80. The van der Waals surface area contributed by atoms with Gasteiger partial charge in [0.2, 0.25) is 0 Å². The van der Waals surface area contributed by atoms with Crippen molar-refractivity contribution in [1.82, 2.24) is 4.90 Å². The van der Waals surface area contributed by atoms with Gasteiger partial charge in [-0.25, -0.2) is 0 Å². The third-order valence-electron chi connectivity index (χ3n) is 3.55. The number of nitro groups is 1. The number of rotatable bonds is 4. The predicted molar refractivity (Wildman–Crippen MR) is 98.8 cm³/mol. The number of nitrogens with zero attached hydrogens (tertiary/aromatic N) is 2. The third-order valence-corrected chi connectivity index (χ3v) is 5.18. The fourth-order valence-electron chi connectivity index (χ4n) is 2.28. The van der Waals surface area contributed by atoms with E-state index in [-0.39, 0.29) is 23.4 Å². The number of imide groups is 1. The van der Waals surface area contributed by atoms with Crippen LogP contribution in [0.1, 0.15) is 11.1 Å². The van der Waals surface area contributed by atoms with Gasteiger partial charge in [0, 0.05) is 16.6 Å². The molecule has 0 atom stereocenters. The quantitative estimate of drug-likeness (QED) is 0.411. The van der Waals surface area contributed by atoms with Crippen molar-refractivity contribution in [3.63, 3.8) is 0 Å². The second kappa shape index (κ2) is 7.20. The van der Waals surface area contributed by atoms with E-state index in [1.165, 1.54) is 12.1 Å². The Morgan fingerprint density at radius 2 is 1.80 bits per heavy atom. The molecule has 0 aliphatic carbocycles. The Kier molecular flexibility index (Phi) is 5.00. The molecule has 126 valence electrons. The van der Waals surface area contributed by atoms with Gasteiger partial charge in [0.25, 0.3) is 16.8 Å². The standard InChI is InChI=1S/C17H11BrN2O4S/c18-14-4-2-1-3-12(14)9-15-16(21)19(17(22)25-15)10-11-5-7-13(8-6-11)20(23)24/h1-9H,10H2/b15-9-. The SMILES string of the molecule is O=C1S/C(=C\c2ccccc2Br)C(=O)N1Cc1ccc([N+](=O)[O-])cc1. The Balaban J connectivity index is 1.80. The lowest BCUT2D eigenvalue weighted by Gasteiger charge is -2.12. The molecule has 1 saturated heterocycles. The van der Waals surface area contributed by atoms with Crippen LogP contribution in [0.4, 0.5) is 10.5 Å². The molecule has 2 aromatic carbocycles. The monoisotopic (exact) mass is 418 g/mol. The Morgan fingerprint density at radius 3 is 2.44 bits per heavy atom. The van der Waals surface area contributed by atoms with Crippen LogP contribution in [0.3, 0.4) is 0 Å². The van der Waals surface area contributed by atoms with Crippen molar-refractivity contribution in [2.75, 3.05) is 0 Å². The van der Waals surface area contributed by atoms with Crippen molar-refractivity contribution < 1.29 is 14.5 Å². The van der Waals surface area contributed by atoms with Gasteiger partial charge in [-0.3, -0.25) is 24.6 Å². The van der Waals surface area contributed by atoms with Crippen LogP contribution in [0, 0.1) is 10.1 Å². The molecular formula is C17H11BrN2O4S. The van der Waals surface area contributed by atoms with Gasteiger partial charge in [0.15, 0.2) is 0 Å². The van der Waals surface area contributed by atoms with Gasteiger partial charge in [-0.15, -0.1) is 0 Å². The summed E-state index contributed by atoms with van der Waals surface area (Å²) < 4.78 is 0.831. The van der Waals surface area contributed by atoms with E-state index in [1.807, 2.05) is 24.3 Å². The zero-order valence-corrected chi connectivity index (χ0v) is 15.1. The molecule has 0 spiro atoms. The minimum absolute atomic E-state index is 0.0355. The van der Waals surface area contributed by atoms with Gasteiger partial charge < -0.3 is 0 Å². The van der Waals surface area contributed by atoms with Gasteiger partial charge in [-0.1, -0.05) is 46.3 Å². The summed E-state index contributed by atoms with van der Waals surface area (Å²) in [6.07, 6.45) is 1.67. The molecule has 6 nitrogen and oxygen atoms in total. The maximum absolute atomic E-state index is 12.5. The van der Waals surface area contributed by atoms with E-state index in [0.717, 1.165) is 26.7 Å². The van der Waals surface area contributed by atoms with Crippen molar-refractivity contribution in [1.29, 1.82) is 0 Å². The number of hydrogen-bond donors (Lipinski definition) is 0. The number of nitro benzene ring substituents is 1. The fraction of sp³-hybridized carbons (Fsp3) is 0.0588. The molecule has 0 bridgehead atoms. The summed E-state index contributed by atoms with van der Waals surface area (Å²) in [5.41, 5.74) is 1.42. The third kappa shape index (κ3) is 3.80. The van der Waals surface area contributed by atoms with Crippen LogP contribution in [0.2, 0.25) is 0 Å². The van der Waals surface area contributed by atoms with Crippen LogP contribution in [-0.4, -0.2) is 21.0 Å². The molecule has 1 aliphatic rings. The van der Waals surface area contributed by atoms with E-state index >= 15 is 0 Å². The smallest absolute Gasteiger partial charge is 0.268 e. The van der Waals surface area contributed by atoms with Gasteiger partial charge in [0.05, 0.1) is 16.4 Å². The number of carbonyl (C=O) groups is 2. The molecule has 0 unspecified atom stereocenters. The Hall–Kier alpha value is -2.45. The maximum Gasteiger partial charge on any atom is 0.293 e. The van der Waals surface area contributed by atoms with Crippen LogP contribution in [-0.2, 0) is 11.3 Å². The number of benzene rings is 2. The predicted octanol–water partition coefficient (Wildman–Crippen LogP) is 4.59. The van der Waals surface area contributed by atoms with Gasteiger partial charge in [-0.2, -0.15) is 0 Å². The van der Waals surface area contributed by atoms with Crippen molar-refractivity contribution in [2.45, 2.75) is 6.54 Å². The van der Waals surface area contributed by atoms with Crippen molar-refractivity contribution in [2.24, 2.45) is 0 Å².